The lowest BCUT2D eigenvalue weighted by Crippen LogP contribution is -2.11. The highest BCUT2D eigenvalue weighted by atomic mass is 32.2. The summed E-state index contributed by atoms with van der Waals surface area (Å²) in [4.78, 5) is 13.0. The molecule has 0 saturated heterocycles. The smallest absolute Gasteiger partial charge is 0.347 e. The number of benzene rings is 4. The van der Waals surface area contributed by atoms with Crippen molar-refractivity contribution in [3.63, 3.8) is 0 Å². The van der Waals surface area contributed by atoms with Crippen molar-refractivity contribution in [2.75, 3.05) is 0 Å². The monoisotopic (exact) mass is 444 g/mol. The zero-order chi connectivity index (χ0) is 22.4. The Bertz CT molecular complexity index is 1300. The minimum atomic E-state index is -3.57. The summed E-state index contributed by atoms with van der Waals surface area (Å²) >= 11 is 0. The second-order valence-corrected chi connectivity index (χ2v) is 8.90. The average Bonchev–Trinajstić information content (AvgIpc) is 2.84. The van der Waals surface area contributed by atoms with E-state index in [1.54, 1.807) is 103 Å². The first-order chi connectivity index (χ1) is 15.5. The van der Waals surface area contributed by atoms with E-state index in [0.29, 0.717) is 17.1 Å². The minimum Gasteiger partial charge on any atom is -0.488 e. The lowest BCUT2D eigenvalue weighted by Gasteiger charge is -2.12. The van der Waals surface area contributed by atoms with Crippen LogP contribution in [0, 0.1) is 0 Å². The molecule has 0 radical (unpaired) electrons. The van der Waals surface area contributed by atoms with Crippen molar-refractivity contribution in [2.24, 2.45) is 0 Å². The Hall–Kier alpha value is -3.90. The summed E-state index contributed by atoms with van der Waals surface area (Å²) in [5.74, 6) is 0.313. The van der Waals surface area contributed by atoms with Gasteiger partial charge in [-0.05, 0) is 54.1 Å². The van der Waals surface area contributed by atoms with Crippen LogP contribution < -0.4 is 9.47 Å². The zero-order valence-electron chi connectivity index (χ0n) is 17.0. The quantitative estimate of drug-likeness (QED) is 0.285. The number of hydrogen-bond acceptors (Lipinski definition) is 5. The number of hydrogen-bond donors (Lipinski definition) is 0. The molecule has 4 aromatic carbocycles. The van der Waals surface area contributed by atoms with Crippen molar-refractivity contribution in [3.8, 4) is 11.5 Å². The van der Waals surface area contributed by atoms with Crippen molar-refractivity contribution in [2.45, 2.75) is 16.4 Å². The molecule has 0 unspecified atom stereocenters. The van der Waals surface area contributed by atoms with Gasteiger partial charge in [-0.2, -0.15) is 0 Å². The molecule has 0 fully saturated rings. The van der Waals surface area contributed by atoms with Crippen LogP contribution in [0.2, 0.25) is 0 Å². The fourth-order valence-electron chi connectivity index (χ4n) is 3.07. The fraction of sp³-hybridized carbons (Fsp3) is 0.0385. The van der Waals surface area contributed by atoms with Crippen molar-refractivity contribution in [3.05, 3.63) is 120 Å². The number of carbonyl (C=O) groups is 1. The molecule has 0 N–H and O–H groups in total. The lowest BCUT2D eigenvalue weighted by atomic mass is 10.2. The third kappa shape index (κ3) is 4.87. The highest BCUT2D eigenvalue weighted by molar-refractivity contribution is 7.91. The number of carbonyl (C=O) groups excluding carboxylic acids is 1. The molecule has 0 aliphatic heterocycles. The molecule has 0 aliphatic carbocycles. The number of sulfone groups is 1. The van der Waals surface area contributed by atoms with Gasteiger partial charge in [-0.1, -0.05) is 60.7 Å². The number of ether oxygens (including phenoxy) is 2. The molecule has 32 heavy (non-hydrogen) atoms. The fourth-order valence-corrected chi connectivity index (χ4v) is 4.36. The average molecular weight is 445 g/mol. The van der Waals surface area contributed by atoms with Crippen LogP contribution in [0.1, 0.15) is 15.9 Å². The van der Waals surface area contributed by atoms with E-state index in [1.165, 1.54) is 0 Å². The van der Waals surface area contributed by atoms with Gasteiger partial charge in [0.25, 0.3) is 0 Å². The van der Waals surface area contributed by atoms with E-state index < -0.39 is 15.8 Å². The molecule has 0 amide bonds. The van der Waals surface area contributed by atoms with Crippen LogP contribution >= 0.6 is 0 Å². The van der Waals surface area contributed by atoms with Crippen LogP contribution in [0.5, 0.6) is 11.5 Å². The molecule has 0 atom stereocenters. The Kier molecular flexibility index (Phi) is 6.33. The van der Waals surface area contributed by atoms with Crippen molar-refractivity contribution < 1.29 is 22.7 Å². The van der Waals surface area contributed by atoms with Crippen LogP contribution in [0.25, 0.3) is 0 Å². The SMILES string of the molecule is O=C(Oc1ccccc1)c1ccccc1OCc1ccc(S(=O)(=O)c2ccccc2)cc1. The summed E-state index contributed by atoms with van der Waals surface area (Å²) < 4.78 is 36.7. The van der Waals surface area contributed by atoms with Crippen LogP contribution in [-0.4, -0.2) is 14.4 Å². The molecule has 0 bridgehead atoms. The normalized spacial score (nSPS) is 11.0. The van der Waals surface area contributed by atoms with Gasteiger partial charge >= 0.3 is 5.97 Å². The first kappa shape index (κ1) is 21.3. The first-order valence-electron chi connectivity index (χ1n) is 9.92. The highest BCUT2D eigenvalue weighted by Crippen LogP contribution is 2.24. The maximum absolute atomic E-state index is 12.7. The molecule has 0 spiro atoms. The molecule has 4 rings (SSSR count). The van der Waals surface area contributed by atoms with Gasteiger partial charge in [-0.15, -0.1) is 0 Å². The molecule has 0 aromatic heterocycles. The molecule has 0 aliphatic rings. The third-order valence-corrected chi connectivity index (χ3v) is 6.53. The topological polar surface area (TPSA) is 69.7 Å². The summed E-state index contributed by atoms with van der Waals surface area (Å²) in [6.07, 6.45) is 0. The largest absolute Gasteiger partial charge is 0.488 e. The Morgan fingerprint density at radius 1 is 0.656 bits per heavy atom. The number of esters is 1. The molecule has 6 heteroatoms. The van der Waals surface area contributed by atoms with Crippen LogP contribution in [0.15, 0.2) is 119 Å². The predicted octanol–water partition coefficient (Wildman–Crippen LogP) is 5.32. The third-order valence-electron chi connectivity index (χ3n) is 4.74. The summed E-state index contributed by atoms with van der Waals surface area (Å²) in [6, 6.07) is 30.4. The standard InChI is InChI=1S/C26H20O5S/c27-26(31-21-9-3-1-4-10-21)24-13-7-8-14-25(24)30-19-20-15-17-23(18-16-20)32(28,29)22-11-5-2-6-12-22/h1-18H,19H2. The second-order valence-electron chi connectivity index (χ2n) is 6.95. The van der Waals surface area contributed by atoms with Crippen molar-refractivity contribution in [1.82, 2.24) is 0 Å². The molecule has 160 valence electrons. The van der Waals surface area contributed by atoms with Gasteiger partial charge in [0.2, 0.25) is 9.84 Å². The van der Waals surface area contributed by atoms with E-state index in [2.05, 4.69) is 0 Å². The van der Waals surface area contributed by atoms with Gasteiger partial charge < -0.3 is 9.47 Å². The molecular formula is C26H20O5S. The Balaban J connectivity index is 1.46. The molecule has 0 saturated carbocycles. The lowest BCUT2D eigenvalue weighted by molar-refractivity contribution is 0.0729. The van der Waals surface area contributed by atoms with Gasteiger partial charge in [0.1, 0.15) is 23.7 Å². The zero-order valence-corrected chi connectivity index (χ0v) is 17.9. The van der Waals surface area contributed by atoms with Gasteiger partial charge in [0.05, 0.1) is 9.79 Å². The maximum atomic E-state index is 12.7. The molecular weight excluding hydrogens is 424 g/mol. The molecule has 4 aromatic rings. The van der Waals surface area contributed by atoms with Crippen LogP contribution in [0.3, 0.4) is 0 Å². The van der Waals surface area contributed by atoms with Gasteiger partial charge in [0.15, 0.2) is 0 Å². The summed E-state index contributed by atoms with van der Waals surface area (Å²) in [6.45, 7) is 0.168. The van der Waals surface area contributed by atoms with Crippen LogP contribution in [0.4, 0.5) is 0 Å². The number of para-hydroxylation sites is 2. The predicted molar refractivity (Wildman–Crippen MR) is 121 cm³/mol. The van der Waals surface area contributed by atoms with Crippen LogP contribution in [-0.2, 0) is 16.4 Å². The van der Waals surface area contributed by atoms with Crippen molar-refractivity contribution in [1.29, 1.82) is 0 Å². The minimum absolute atomic E-state index is 0.168. The van der Waals surface area contributed by atoms with E-state index in [0.717, 1.165) is 5.56 Å². The van der Waals surface area contributed by atoms with E-state index in [1.807, 2.05) is 6.07 Å². The molecule has 0 heterocycles. The Morgan fingerprint density at radius 3 is 1.91 bits per heavy atom. The number of rotatable bonds is 7. The Labute approximate surface area is 186 Å². The first-order valence-corrected chi connectivity index (χ1v) is 11.4. The summed E-state index contributed by atoms with van der Waals surface area (Å²) in [5, 5.41) is 0. The van der Waals surface area contributed by atoms with E-state index in [4.69, 9.17) is 9.47 Å². The van der Waals surface area contributed by atoms with Crippen molar-refractivity contribution >= 4 is 15.8 Å². The van der Waals surface area contributed by atoms with Gasteiger partial charge in [0, 0.05) is 0 Å². The molecule has 5 nitrogen and oxygen atoms in total. The second kappa shape index (κ2) is 9.49. The van der Waals surface area contributed by atoms with Gasteiger partial charge in [-0.3, -0.25) is 0 Å². The van der Waals surface area contributed by atoms with E-state index in [9.17, 15) is 13.2 Å². The highest BCUT2D eigenvalue weighted by Gasteiger charge is 2.17. The summed E-state index contributed by atoms with van der Waals surface area (Å²) in [5.41, 5.74) is 1.07. The van der Waals surface area contributed by atoms with E-state index in [-0.39, 0.29) is 16.4 Å². The maximum Gasteiger partial charge on any atom is 0.347 e. The van der Waals surface area contributed by atoms with Gasteiger partial charge in [-0.25, -0.2) is 13.2 Å². The summed E-state index contributed by atoms with van der Waals surface area (Å²) in [7, 11) is -3.57. The van der Waals surface area contributed by atoms with E-state index >= 15 is 0 Å². The Morgan fingerprint density at radius 2 is 1.22 bits per heavy atom.